The topological polar surface area (TPSA) is 57.9 Å². The summed E-state index contributed by atoms with van der Waals surface area (Å²) < 4.78 is 0. The van der Waals surface area contributed by atoms with Crippen LogP contribution in [0.5, 0.6) is 0 Å². The van der Waals surface area contributed by atoms with E-state index in [1.807, 2.05) is 6.92 Å². The van der Waals surface area contributed by atoms with E-state index >= 15 is 0 Å². The van der Waals surface area contributed by atoms with Gasteiger partial charge in [-0.25, -0.2) is 4.98 Å². The third kappa shape index (κ3) is 2.08. The van der Waals surface area contributed by atoms with Gasteiger partial charge in [-0.3, -0.25) is 0 Å². The van der Waals surface area contributed by atoms with Crippen molar-refractivity contribution in [1.29, 1.82) is 0 Å². The fraction of sp³-hybridized carbons (Fsp3) is 0.786. The predicted octanol–water partition coefficient (Wildman–Crippen LogP) is 2.85. The van der Waals surface area contributed by atoms with E-state index in [1.54, 1.807) is 0 Å². The molecule has 0 amide bonds. The molecule has 1 aliphatic heterocycles. The lowest BCUT2D eigenvalue weighted by Crippen LogP contribution is -2.41. The first-order chi connectivity index (χ1) is 8.69. The highest BCUT2D eigenvalue weighted by molar-refractivity contribution is 5.59. The Kier molecular flexibility index (Phi) is 2.96. The van der Waals surface area contributed by atoms with Crippen LogP contribution in [0, 0.1) is 12.3 Å². The van der Waals surface area contributed by atoms with Crippen LogP contribution < -0.4 is 10.6 Å². The molecule has 4 nitrogen and oxygen atoms in total. The first-order valence-electron chi connectivity index (χ1n) is 7.26. The van der Waals surface area contributed by atoms with Gasteiger partial charge in [-0.15, -0.1) is 0 Å². The summed E-state index contributed by atoms with van der Waals surface area (Å²) in [6, 6.07) is 0. The van der Waals surface area contributed by atoms with Gasteiger partial charge < -0.3 is 15.6 Å². The second kappa shape index (κ2) is 4.48. The summed E-state index contributed by atoms with van der Waals surface area (Å²) in [5.74, 6) is 2.62. The van der Waals surface area contributed by atoms with Crippen molar-refractivity contribution >= 4 is 11.6 Å². The Morgan fingerprint density at radius 1 is 1.11 bits per heavy atom. The molecule has 2 aliphatic rings. The zero-order chi connectivity index (χ0) is 12.6. The highest BCUT2D eigenvalue weighted by atomic mass is 15.2. The lowest BCUT2D eigenvalue weighted by Gasteiger charge is -2.44. The van der Waals surface area contributed by atoms with Crippen LogP contribution in [0.2, 0.25) is 0 Å². The van der Waals surface area contributed by atoms with E-state index in [0.717, 1.165) is 30.5 Å². The average Bonchev–Trinajstić information content (AvgIpc) is 2.71. The number of hydrogen-bond donors (Lipinski definition) is 2. The number of anilines is 2. The first kappa shape index (κ1) is 11.9. The third-order valence-electron chi connectivity index (χ3n) is 4.87. The molecular weight excluding hydrogens is 224 g/mol. The number of nitrogens with two attached hydrogens (primary N) is 1. The van der Waals surface area contributed by atoms with Gasteiger partial charge in [0.2, 0.25) is 0 Å². The summed E-state index contributed by atoms with van der Waals surface area (Å²) in [6.07, 6.45) is 9.83. The quantitative estimate of drug-likeness (QED) is 0.803. The molecule has 1 aliphatic carbocycles. The minimum Gasteiger partial charge on any atom is -0.382 e. The van der Waals surface area contributed by atoms with E-state index in [9.17, 15) is 0 Å². The molecule has 18 heavy (non-hydrogen) atoms. The molecule has 4 heteroatoms. The second-order valence-corrected chi connectivity index (χ2v) is 6.11. The number of hydrogen-bond acceptors (Lipinski definition) is 3. The highest BCUT2D eigenvalue weighted by Crippen LogP contribution is 2.45. The van der Waals surface area contributed by atoms with Crippen LogP contribution in [0.3, 0.4) is 0 Å². The average molecular weight is 248 g/mol. The van der Waals surface area contributed by atoms with Crippen LogP contribution in [-0.2, 0) is 0 Å². The van der Waals surface area contributed by atoms with E-state index in [0.29, 0.717) is 5.41 Å². The fourth-order valence-electron chi connectivity index (χ4n) is 3.73. The standard InChI is InChI=1S/C14H24N4/c1-11-16-12(15)13(17-11)18-9-7-14(8-10-18)5-3-2-4-6-14/h2-10,15H2,1H3,(H,16,17). The van der Waals surface area contributed by atoms with E-state index in [4.69, 9.17) is 5.73 Å². The largest absolute Gasteiger partial charge is 0.382 e. The second-order valence-electron chi connectivity index (χ2n) is 6.11. The van der Waals surface area contributed by atoms with Crippen molar-refractivity contribution in [3.63, 3.8) is 0 Å². The number of nitrogen functional groups attached to an aromatic ring is 1. The van der Waals surface area contributed by atoms with Crippen LogP contribution in [0.1, 0.15) is 50.8 Å². The van der Waals surface area contributed by atoms with Crippen LogP contribution >= 0.6 is 0 Å². The van der Waals surface area contributed by atoms with Gasteiger partial charge in [0.25, 0.3) is 0 Å². The summed E-state index contributed by atoms with van der Waals surface area (Å²) in [5.41, 5.74) is 6.63. The zero-order valence-electron chi connectivity index (χ0n) is 11.3. The number of nitrogens with one attached hydrogen (secondary N) is 1. The van der Waals surface area contributed by atoms with Crippen molar-refractivity contribution < 1.29 is 0 Å². The summed E-state index contributed by atoms with van der Waals surface area (Å²) >= 11 is 0. The van der Waals surface area contributed by atoms with Crippen LogP contribution in [0.25, 0.3) is 0 Å². The number of aromatic amines is 1. The maximum Gasteiger partial charge on any atom is 0.171 e. The van der Waals surface area contributed by atoms with Crippen molar-refractivity contribution in [2.24, 2.45) is 5.41 Å². The number of H-pyrrole nitrogens is 1. The maximum absolute atomic E-state index is 5.98. The van der Waals surface area contributed by atoms with Crippen molar-refractivity contribution in [1.82, 2.24) is 9.97 Å². The van der Waals surface area contributed by atoms with Crippen molar-refractivity contribution in [2.45, 2.75) is 51.9 Å². The number of nitrogens with zero attached hydrogens (tertiary/aromatic N) is 2. The Morgan fingerprint density at radius 3 is 2.33 bits per heavy atom. The van der Waals surface area contributed by atoms with E-state index in [2.05, 4.69) is 14.9 Å². The predicted molar refractivity (Wildman–Crippen MR) is 74.7 cm³/mol. The Balaban J connectivity index is 1.68. The van der Waals surface area contributed by atoms with Crippen molar-refractivity contribution in [3.8, 4) is 0 Å². The molecule has 3 rings (SSSR count). The van der Waals surface area contributed by atoms with Gasteiger partial charge in [0.1, 0.15) is 11.6 Å². The Morgan fingerprint density at radius 2 is 1.78 bits per heavy atom. The van der Waals surface area contributed by atoms with Gasteiger partial charge in [0.05, 0.1) is 0 Å². The van der Waals surface area contributed by atoms with Gasteiger partial charge in [0.15, 0.2) is 5.82 Å². The van der Waals surface area contributed by atoms with Crippen molar-refractivity contribution in [3.05, 3.63) is 5.82 Å². The van der Waals surface area contributed by atoms with E-state index < -0.39 is 0 Å². The molecule has 0 atom stereocenters. The molecule has 3 N–H and O–H groups in total. The summed E-state index contributed by atoms with van der Waals surface area (Å²) in [5, 5.41) is 0. The smallest absolute Gasteiger partial charge is 0.171 e. The van der Waals surface area contributed by atoms with Gasteiger partial charge >= 0.3 is 0 Å². The Bertz CT molecular complexity index is 407. The van der Waals surface area contributed by atoms with E-state index in [-0.39, 0.29) is 0 Å². The molecule has 2 heterocycles. The van der Waals surface area contributed by atoms with Gasteiger partial charge in [-0.2, -0.15) is 0 Å². The van der Waals surface area contributed by atoms with Crippen LogP contribution in [0.15, 0.2) is 0 Å². The normalized spacial score (nSPS) is 23.5. The summed E-state index contributed by atoms with van der Waals surface area (Å²) in [4.78, 5) is 9.97. The highest BCUT2D eigenvalue weighted by Gasteiger charge is 2.36. The number of aryl methyl sites for hydroxylation is 1. The minimum atomic E-state index is 0.648. The third-order valence-corrected chi connectivity index (χ3v) is 4.87. The number of aromatic nitrogens is 2. The Hall–Kier alpha value is -1.19. The molecule has 0 aromatic carbocycles. The minimum absolute atomic E-state index is 0.648. The molecular formula is C14H24N4. The first-order valence-corrected chi connectivity index (χ1v) is 7.26. The Labute approximate surface area is 109 Å². The molecule has 100 valence electrons. The molecule has 0 unspecified atom stereocenters. The molecule has 1 saturated heterocycles. The summed E-state index contributed by atoms with van der Waals surface area (Å²) in [7, 11) is 0. The molecule has 1 saturated carbocycles. The fourth-order valence-corrected chi connectivity index (χ4v) is 3.73. The maximum atomic E-state index is 5.98. The van der Waals surface area contributed by atoms with Crippen LogP contribution in [-0.4, -0.2) is 23.1 Å². The lowest BCUT2D eigenvalue weighted by molar-refractivity contribution is 0.144. The SMILES string of the molecule is Cc1nc(N2CCC3(CCCCC3)CC2)c(N)[nH]1. The van der Waals surface area contributed by atoms with Crippen LogP contribution in [0.4, 0.5) is 11.6 Å². The monoisotopic (exact) mass is 248 g/mol. The number of imidazole rings is 1. The molecule has 1 aromatic rings. The number of piperidine rings is 1. The zero-order valence-corrected chi connectivity index (χ0v) is 11.3. The molecule has 0 radical (unpaired) electrons. The molecule has 0 bridgehead atoms. The van der Waals surface area contributed by atoms with Gasteiger partial charge in [-0.05, 0) is 38.0 Å². The molecule has 1 spiro atoms. The molecule has 2 fully saturated rings. The number of rotatable bonds is 1. The van der Waals surface area contributed by atoms with E-state index in [1.165, 1.54) is 44.9 Å². The molecule has 1 aromatic heterocycles. The summed E-state index contributed by atoms with van der Waals surface area (Å²) in [6.45, 7) is 4.20. The van der Waals surface area contributed by atoms with Gasteiger partial charge in [0, 0.05) is 13.1 Å². The van der Waals surface area contributed by atoms with Gasteiger partial charge in [-0.1, -0.05) is 19.3 Å². The lowest BCUT2D eigenvalue weighted by atomic mass is 9.68. The van der Waals surface area contributed by atoms with Crippen molar-refractivity contribution in [2.75, 3.05) is 23.7 Å².